The zero-order valence-corrected chi connectivity index (χ0v) is 12.8. The highest BCUT2D eigenvalue weighted by Crippen LogP contribution is 2.20. The highest BCUT2D eigenvalue weighted by Gasteiger charge is 2.28. The number of rotatable bonds is 6. The number of nitro groups is 1. The molecule has 0 aliphatic carbocycles. The second-order valence-electron chi connectivity index (χ2n) is 5.61. The van der Waals surface area contributed by atoms with Crippen molar-refractivity contribution in [2.75, 3.05) is 6.54 Å². The number of hydrogen-bond acceptors (Lipinski definition) is 4. The van der Waals surface area contributed by atoms with Crippen LogP contribution in [0.25, 0.3) is 0 Å². The Hall–Kier alpha value is -1.95. The van der Waals surface area contributed by atoms with Crippen LogP contribution in [0.15, 0.2) is 18.2 Å². The number of non-ortho nitro benzene ring substituents is 1. The lowest BCUT2D eigenvalue weighted by molar-refractivity contribution is -0.384. The van der Waals surface area contributed by atoms with Crippen molar-refractivity contribution in [3.8, 4) is 0 Å². The number of nitrogens with zero attached hydrogens (tertiary/aromatic N) is 1. The molecule has 0 unspecified atom stereocenters. The molecule has 1 aromatic rings. The van der Waals surface area contributed by atoms with Crippen molar-refractivity contribution < 1.29 is 14.8 Å². The molecule has 116 valence electrons. The molecule has 1 rings (SSSR count). The maximum absolute atomic E-state index is 12.2. The third kappa shape index (κ3) is 4.26. The largest absolute Gasteiger partial charge is 0.388 e. The van der Waals surface area contributed by atoms with Crippen LogP contribution in [0.3, 0.4) is 0 Å². The maximum atomic E-state index is 12.2. The Morgan fingerprint density at radius 1 is 1.52 bits per heavy atom. The molecule has 0 saturated carbocycles. The van der Waals surface area contributed by atoms with Gasteiger partial charge in [-0.2, -0.15) is 0 Å². The third-order valence-corrected chi connectivity index (χ3v) is 3.96. The van der Waals surface area contributed by atoms with Crippen LogP contribution in [0.5, 0.6) is 0 Å². The molecule has 0 saturated heterocycles. The molecule has 0 bridgehead atoms. The molecule has 6 heteroatoms. The van der Waals surface area contributed by atoms with E-state index in [4.69, 9.17) is 0 Å². The second kappa shape index (κ2) is 6.67. The molecule has 6 nitrogen and oxygen atoms in total. The van der Waals surface area contributed by atoms with E-state index in [1.54, 1.807) is 19.9 Å². The molecule has 21 heavy (non-hydrogen) atoms. The Balaban J connectivity index is 2.85. The number of nitro benzene ring substituents is 1. The number of benzene rings is 1. The van der Waals surface area contributed by atoms with E-state index in [1.807, 2.05) is 13.8 Å². The standard InChI is InChI=1S/C15H22N2O4/c1-5-11(3)15(4,19)9-16-14(18)13-8-12(17(20)21)7-6-10(13)2/h6-8,11,19H,5,9H2,1-4H3,(H,16,18)/t11-,15-/m1/s1. The Labute approximate surface area is 124 Å². The fourth-order valence-corrected chi connectivity index (χ4v) is 1.94. The summed E-state index contributed by atoms with van der Waals surface area (Å²) in [6.45, 7) is 7.35. The number of amides is 1. The SMILES string of the molecule is CC[C@@H](C)[C@](C)(O)CNC(=O)c1cc([N+](=O)[O-])ccc1C. The van der Waals surface area contributed by atoms with E-state index in [9.17, 15) is 20.0 Å². The topological polar surface area (TPSA) is 92.5 Å². The van der Waals surface area contributed by atoms with E-state index in [2.05, 4.69) is 5.32 Å². The van der Waals surface area contributed by atoms with Gasteiger partial charge in [-0.1, -0.05) is 26.3 Å². The summed E-state index contributed by atoms with van der Waals surface area (Å²) in [6, 6.07) is 4.16. The van der Waals surface area contributed by atoms with Gasteiger partial charge in [0, 0.05) is 24.2 Å². The van der Waals surface area contributed by atoms with Crippen molar-refractivity contribution >= 4 is 11.6 Å². The Kier molecular flexibility index (Phi) is 5.43. The van der Waals surface area contributed by atoms with E-state index in [1.165, 1.54) is 12.1 Å². The van der Waals surface area contributed by atoms with Crippen LogP contribution in [0.2, 0.25) is 0 Å². The fourth-order valence-electron chi connectivity index (χ4n) is 1.94. The molecule has 0 spiro atoms. The lowest BCUT2D eigenvalue weighted by atomic mass is 9.88. The van der Waals surface area contributed by atoms with Crippen LogP contribution >= 0.6 is 0 Å². The summed E-state index contributed by atoms with van der Waals surface area (Å²) >= 11 is 0. The first kappa shape index (κ1) is 17.1. The molecule has 0 aliphatic heterocycles. The lowest BCUT2D eigenvalue weighted by Crippen LogP contribution is -2.45. The Morgan fingerprint density at radius 2 is 2.14 bits per heavy atom. The molecule has 0 aromatic heterocycles. The number of nitrogens with one attached hydrogen (secondary N) is 1. The zero-order valence-electron chi connectivity index (χ0n) is 12.8. The van der Waals surface area contributed by atoms with Gasteiger partial charge in [0.15, 0.2) is 0 Å². The summed E-state index contributed by atoms with van der Waals surface area (Å²) in [6.07, 6.45) is 0.790. The smallest absolute Gasteiger partial charge is 0.270 e. The summed E-state index contributed by atoms with van der Waals surface area (Å²) in [5.41, 5.74) is -0.233. The van der Waals surface area contributed by atoms with E-state index >= 15 is 0 Å². The van der Waals surface area contributed by atoms with Gasteiger partial charge in [0.25, 0.3) is 11.6 Å². The van der Waals surface area contributed by atoms with Gasteiger partial charge in [-0.15, -0.1) is 0 Å². The van der Waals surface area contributed by atoms with Crippen LogP contribution in [0.1, 0.15) is 43.1 Å². The van der Waals surface area contributed by atoms with E-state index in [-0.39, 0.29) is 23.7 Å². The van der Waals surface area contributed by atoms with Crippen molar-refractivity contribution in [3.05, 3.63) is 39.4 Å². The number of hydrogen-bond donors (Lipinski definition) is 2. The molecule has 0 heterocycles. The molecule has 1 amide bonds. The number of carbonyl (C=O) groups is 1. The van der Waals surface area contributed by atoms with Gasteiger partial charge >= 0.3 is 0 Å². The van der Waals surface area contributed by atoms with Gasteiger partial charge in [-0.05, 0) is 25.3 Å². The Bertz CT molecular complexity index is 540. The summed E-state index contributed by atoms with van der Waals surface area (Å²) < 4.78 is 0. The fraction of sp³-hybridized carbons (Fsp3) is 0.533. The predicted octanol–water partition coefficient (Wildman–Crippen LogP) is 2.43. The number of aryl methyl sites for hydroxylation is 1. The highest BCUT2D eigenvalue weighted by molar-refractivity contribution is 5.96. The average Bonchev–Trinajstić information content (AvgIpc) is 2.44. The van der Waals surface area contributed by atoms with Crippen molar-refractivity contribution in [2.45, 2.75) is 39.7 Å². The summed E-state index contributed by atoms with van der Waals surface area (Å²) in [7, 11) is 0. The van der Waals surface area contributed by atoms with Gasteiger partial charge in [-0.3, -0.25) is 14.9 Å². The summed E-state index contributed by atoms with van der Waals surface area (Å²) in [4.78, 5) is 22.4. The van der Waals surface area contributed by atoms with Gasteiger partial charge in [0.2, 0.25) is 0 Å². The van der Waals surface area contributed by atoms with E-state index in [0.717, 1.165) is 6.42 Å². The first-order valence-electron chi connectivity index (χ1n) is 6.94. The van der Waals surface area contributed by atoms with Gasteiger partial charge in [-0.25, -0.2) is 0 Å². The van der Waals surface area contributed by atoms with Crippen molar-refractivity contribution in [2.24, 2.45) is 5.92 Å². The third-order valence-electron chi connectivity index (χ3n) is 3.96. The number of carbonyl (C=O) groups excluding carboxylic acids is 1. The van der Waals surface area contributed by atoms with Gasteiger partial charge in [0.05, 0.1) is 10.5 Å². The normalized spacial score (nSPS) is 15.1. The van der Waals surface area contributed by atoms with Crippen LogP contribution < -0.4 is 5.32 Å². The minimum absolute atomic E-state index is 0.0315. The van der Waals surface area contributed by atoms with Crippen molar-refractivity contribution in [1.29, 1.82) is 0 Å². The zero-order chi connectivity index (χ0) is 16.2. The molecule has 0 aliphatic rings. The minimum atomic E-state index is -1.01. The van der Waals surface area contributed by atoms with E-state index in [0.29, 0.717) is 5.56 Å². The first-order chi connectivity index (χ1) is 9.69. The average molecular weight is 294 g/mol. The Morgan fingerprint density at radius 3 is 2.67 bits per heavy atom. The summed E-state index contributed by atoms with van der Waals surface area (Å²) in [5, 5.41) is 23.7. The maximum Gasteiger partial charge on any atom is 0.270 e. The molecule has 2 N–H and O–H groups in total. The summed E-state index contributed by atoms with van der Waals surface area (Å²) in [5.74, 6) is -0.385. The molecular weight excluding hydrogens is 272 g/mol. The molecule has 2 atom stereocenters. The van der Waals surface area contributed by atoms with Crippen LogP contribution in [-0.4, -0.2) is 28.1 Å². The monoisotopic (exact) mass is 294 g/mol. The predicted molar refractivity (Wildman–Crippen MR) is 80.2 cm³/mol. The van der Waals surface area contributed by atoms with Gasteiger partial charge < -0.3 is 10.4 Å². The van der Waals surface area contributed by atoms with Crippen LogP contribution in [0.4, 0.5) is 5.69 Å². The molecule has 0 fully saturated rings. The lowest BCUT2D eigenvalue weighted by Gasteiger charge is -2.29. The van der Waals surface area contributed by atoms with Crippen molar-refractivity contribution in [3.63, 3.8) is 0 Å². The van der Waals surface area contributed by atoms with Gasteiger partial charge in [0.1, 0.15) is 0 Å². The molecule has 0 radical (unpaired) electrons. The number of aliphatic hydroxyl groups is 1. The second-order valence-corrected chi connectivity index (χ2v) is 5.61. The quantitative estimate of drug-likeness (QED) is 0.622. The minimum Gasteiger partial charge on any atom is -0.388 e. The van der Waals surface area contributed by atoms with Crippen LogP contribution in [0, 0.1) is 23.0 Å². The molecule has 1 aromatic carbocycles. The molecular formula is C15H22N2O4. The van der Waals surface area contributed by atoms with Crippen molar-refractivity contribution in [1.82, 2.24) is 5.32 Å². The highest BCUT2D eigenvalue weighted by atomic mass is 16.6. The van der Waals surface area contributed by atoms with Crippen LogP contribution in [-0.2, 0) is 0 Å². The first-order valence-corrected chi connectivity index (χ1v) is 6.94. The van der Waals surface area contributed by atoms with E-state index < -0.39 is 16.4 Å².